The van der Waals surface area contributed by atoms with Crippen LogP contribution in [-0.4, -0.2) is 11.6 Å². The fourth-order valence-corrected chi connectivity index (χ4v) is 3.12. The van der Waals surface area contributed by atoms with E-state index in [-0.39, 0.29) is 0 Å². The van der Waals surface area contributed by atoms with Gasteiger partial charge in [-0.1, -0.05) is 36.4 Å². The van der Waals surface area contributed by atoms with E-state index < -0.39 is 11.6 Å². The Morgan fingerprint density at radius 1 is 0.667 bits per heavy atom. The van der Waals surface area contributed by atoms with Crippen LogP contribution >= 0.6 is 0 Å². The summed E-state index contributed by atoms with van der Waals surface area (Å²) < 4.78 is 23.8. The lowest BCUT2D eigenvalue weighted by Gasteiger charge is -2.36. The fourth-order valence-electron chi connectivity index (χ4n) is 3.12. The Morgan fingerprint density at radius 3 is 1.50 bits per heavy atom. The van der Waals surface area contributed by atoms with Gasteiger partial charge in [-0.3, -0.25) is 0 Å². The van der Waals surface area contributed by atoms with Gasteiger partial charge >= 0.3 is 0 Å². The molecule has 0 aromatic heterocycles. The van der Waals surface area contributed by atoms with Gasteiger partial charge in [0.1, 0.15) is 11.5 Å². The number of rotatable bonds is 1. The first kappa shape index (κ1) is 15.5. The van der Waals surface area contributed by atoms with Crippen LogP contribution in [0.25, 0.3) is 11.1 Å². The number of benzene rings is 2. The van der Waals surface area contributed by atoms with E-state index in [1.807, 2.05) is 52.0 Å². The van der Waals surface area contributed by atoms with Crippen LogP contribution in [0.1, 0.15) is 38.8 Å². The van der Waals surface area contributed by atoms with Gasteiger partial charge in [0, 0.05) is 49.9 Å². The van der Waals surface area contributed by atoms with Crippen molar-refractivity contribution in [2.45, 2.75) is 52.5 Å². The third kappa shape index (κ3) is 2.66. The summed E-state index contributed by atoms with van der Waals surface area (Å²) >= 11 is 0. The SMILES string of the molecule is CC1(C)OCc2cccc(-c3cccc4c3OC(C)(C)OC4)c2O1. The van der Waals surface area contributed by atoms with Crippen LogP contribution < -0.4 is 9.47 Å². The molecule has 0 spiro atoms. The van der Waals surface area contributed by atoms with Crippen molar-refractivity contribution in [2.24, 2.45) is 0 Å². The predicted molar refractivity (Wildman–Crippen MR) is 90.9 cm³/mol. The third-order valence-electron chi connectivity index (χ3n) is 4.33. The summed E-state index contributed by atoms with van der Waals surface area (Å²) in [6.45, 7) is 8.81. The molecular weight excluding hydrogens is 304 g/mol. The van der Waals surface area contributed by atoms with Crippen LogP contribution in [0.5, 0.6) is 11.5 Å². The molecule has 2 aromatic rings. The smallest absolute Gasteiger partial charge is 0.205 e. The van der Waals surface area contributed by atoms with Crippen molar-refractivity contribution >= 4 is 0 Å². The molecule has 2 heterocycles. The van der Waals surface area contributed by atoms with Gasteiger partial charge in [0.05, 0.1) is 13.2 Å². The summed E-state index contributed by atoms with van der Waals surface area (Å²) in [5.74, 6) is 0.465. The molecule has 0 N–H and O–H groups in total. The number of ether oxygens (including phenoxy) is 4. The lowest BCUT2D eigenvalue weighted by atomic mass is 9.97. The molecule has 0 saturated heterocycles. The highest BCUT2D eigenvalue weighted by Gasteiger charge is 2.33. The lowest BCUT2D eigenvalue weighted by Crippen LogP contribution is -2.36. The van der Waals surface area contributed by atoms with Crippen LogP contribution in [0.3, 0.4) is 0 Å². The van der Waals surface area contributed by atoms with E-state index in [1.165, 1.54) is 0 Å². The Labute approximate surface area is 142 Å². The Kier molecular flexibility index (Phi) is 3.37. The summed E-state index contributed by atoms with van der Waals surface area (Å²) in [6.07, 6.45) is 0. The number of para-hydroxylation sites is 2. The molecular formula is C20H22O4. The summed E-state index contributed by atoms with van der Waals surface area (Å²) in [4.78, 5) is 0. The zero-order chi connectivity index (χ0) is 16.9. The molecule has 126 valence electrons. The Bertz CT molecular complexity index is 725. The minimum absolute atomic E-state index is 0.542. The van der Waals surface area contributed by atoms with Crippen molar-refractivity contribution in [3.63, 3.8) is 0 Å². The van der Waals surface area contributed by atoms with Gasteiger partial charge in [-0.25, -0.2) is 0 Å². The van der Waals surface area contributed by atoms with Crippen molar-refractivity contribution in [2.75, 3.05) is 0 Å². The summed E-state index contributed by atoms with van der Waals surface area (Å²) in [5.41, 5.74) is 4.16. The van der Waals surface area contributed by atoms with Gasteiger partial charge in [-0.2, -0.15) is 0 Å². The van der Waals surface area contributed by atoms with E-state index in [9.17, 15) is 0 Å². The van der Waals surface area contributed by atoms with E-state index >= 15 is 0 Å². The van der Waals surface area contributed by atoms with Gasteiger partial charge in [-0.05, 0) is 0 Å². The van der Waals surface area contributed by atoms with Crippen LogP contribution in [0.2, 0.25) is 0 Å². The first-order chi connectivity index (χ1) is 11.3. The molecule has 0 saturated carbocycles. The predicted octanol–water partition coefficient (Wildman–Crippen LogP) is 4.64. The monoisotopic (exact) mass is 326 g/mol. The average molecular weight is 326 g/mol. The molecule has 0 fully saturated rings. The Morgan fingerprint density at radius 2 is 1.08 bits per heavy atom. The molecule has 0 aliphatic carbocycles. The molecule has 4 nitrogen and oxygen atoms in total. The molecule has 0 amide bonds. The van der Waals surface area contributed by atoms with Crippen LogP contribution in [0, 0.1) is 0 Å². The van der Waals surface area contributed by atoms with Gasteiger partial charge in [0.25, 0.3) is 0 Å². The first-order valence-corrected chi connectivity index (χ1v) is 8.25. The Hall–Kier alpha value is -2.04. The largest absolute Gasteiger partial charge is 0.462 e. The van der Waals surface area contributed by atoms with E-state index in [1.54, 1.807) is 0 Å². The highest BCUT2D eigenvalue weighted by molar-refractivity contribution is 5.78. The number of hydrogen-bond donors (Lipinski definition) is 0. The van der Waals surface area contributed by atoms with Crippen molar-refractivity contribution in [3.8, 4) is 22.6 Å². The summed E-state index contributed by atoms with van der Waals surface area (Å²) in [7, 11) is 0. The van der Waals surface area contributed by atoms with Gasteiger partial charge in [0.2, 0.25) is 11.6 Å². The van der Waals surface area contributed by atoms with Crippen molar-refractivity contribution in [3.05, 3.63) is 47.5 Å². The zero-order valence-corrected chi connectivity index (χ0v) is 14.5. The summed E-state index contributed by atoms with van der Waals surface area (Å²) in [6, 6.07) is 12.3. The highest BCUT2D eigenvalue weighted by atomic mass is 16.7. The molecule has 24 heavy (non-hydrogen) atoms. The van der Waals surface area contributed by atoms with Crippen molar-refractivity contribution in [1.29, 1.82) is 0 Å². The number of fused-ring (bicyclic) bond motifs is 2. The minimum atomic E-state index is -0.638. The standard InChI is InChI=1S/C20H22O4/c1-19(2)21-11-13-7-5-9-15(17(13)23-19)16-10-6-8-14-12-22-20(3,4)24-18(14)16/h5-10H,11-12H2,1-4H3. The summed E-state index contributed by atoms with van der Waals surface area (Å²) in [5, 5.41) is 0. The van der Waals surface area contributed by atoms with Gasteiger partial charge in [-0.15, -0.1) is 0 Å². The zero-order valence-electron chi connectivity index (χ0n) is 14.5. The quantitative estimate of drug-likeness (QED) is 0.765. The topological polar surface area (TPSA) is 36.9 Å². The third-order valence-corrected chi connectivity index (χ3v) is 4.33. The molecule has 2 aliphatic rings. The Balaban J connectivity index is 1.87. The second-order valence-electron chi connectivity index (χ2n) is 7.17. The molecule has 0 atom stereocenters. The van der Waals surface area contributed by atoms with Crippen LogP contribution in [-0.2, 0) is 22.7 Å². The molecule has 4 heteroatoms. The maximum atomic E-state index is 6.14. The molecule has 0 radical (unpaired) electrons. The van der Waals surface area contributed by atoms with E-state index in [2.05, 4.69) is 12.1 Å². The minimum Gasteiger partial charge on any atom is -0.462 e. The molecule has 4 rings (SSSR count). The fraction of sp³-hybridized carbons (Fsp3) is 0.400. The van der Waals surface area contributed by atoms with Crippen molar-refractivity contribution in [1.82, 2.24) is 0 Å². The van der Waals surface area contributed by atoms with Crippen LogP contribution in [0.15, 0.2) is 36.4 Å². The lowest BCUT2D eigenvalue weighted by molar-refractivity contribution is -0.181. The van der Waals surface area contributed by atoms with Crippen LogP contribution in [0.4, 0.5) is 0 Å². The molecule has 0 bridgehead atoms. The molecule has 2 aromatic carbocycles. The maximum absolute atomic E-state index is 6.14. The van der Waals surface area contributed by atoms with E-state index in [4.69, 9.17) is 18.9 Å². The average Bonchev–Trinajstić information content (AvgIpc) is 2.52. The van der Waals surface area contributed by atoms with E-state index in [0.717, 1.165) is 33.8 Å². The van der Waals surface area contributed by atoms with Gasteiger partial charge in [0.15, 0.2) is 0 Å². The van der Waals surface area contributed by atoms with Gasteiger partial charge < -0.3 is 18.9 Å². The normalized spacial score (nSPS) is 20.3. The van der Waals surface area contributed by atoms with Crippen molar-refractivity contribution < 1.29 is 18.9 Å². The van der Waals surface area contributed by atoms with E-state index in [0.29, 0.717) is 13.2 Å². The highest BCUT2D eigenvalue weighted by Crippen LogP contribution is 2.45. The maximum Gasteiger partial charge on any atom is 0.205 e. The second kappa shape index (κ2) is 5.23. The molecule has 2 aliphatic heterocycles. The molecule has 0 unspecified atom stereocenters. The first-order valence-electron chi connectivity index (χ1n) is 8.25. The second-order valence-corrected chi connectivity index (χ2v) is 7.17. The number of hydrogen-bond acceptors (Lipinski definition) is 4.